The number of aliphatic hydroxyl groups is 3. The molecule has 0 saturated carbocycles. The smallest absolute Gasteiger partial charge is 0.161 e. The molecule has 1 atom stereocenters. The van der Waals surface area contributed by atoms with Crippen molar-refractivity contribution >= 4 is 0 Å². The molecule has 0 fully saturated rings. The fourth-order valence-corrected chi connectivity index (χ4v) is 2.36. The van der Waals surface area contributed by atoms with E-state index in [1.807, 2.05) is 23.1 Å². The van der Waals surface area contributed by atoms with Crippen molar-refractivity contribution in [2.45, 2.75) is 12.5 Å². The van der Waals surface area contributed by atoms with Gasteiger partial charge in [-0.15, -0.1) is 0 Å². The molecule has 0 amide bonds. The van der Waals surface area contributed by atoms with Crippen molar-refractivity contribution in [1.82, 2.24) is 4.90 Å². The zero-order valence-corrected chi connectivity index (χ0v) is 12.1. The molecule has 2 rings (SSSR count). The van der Waals surface area contributed by atoms with Crippen molar-refractivity contribution in [3.05, 3.63) is 23.8 Å². The molecule has 0 aliphatic carbocycles. The van der Waals surface area contributed by atoms with Crippen molar-refractivity contribution in [3.63, 3.8) is 0 Å². The fraction of sp³-hybridized carbons (Fsp3) is 0.600. The Kier molecular flexibility index (Phi) is 6.25. The predicted molar refractivity (Wildman–Crippen MR) is 77.6 cm³/mol. The van der Waals surface area contributed by atoms with Gasteiger partial charge in [0.25, 0.3) is 0 Å². The maximum Gasteiger partial charge on any atom is 0.161 e. The van der Waals surface area contributed by atoms with Gasteiger partial charge in [-0.05, 0) is 24.1 Å². The lowest BCUT2D eigenvalue weighted by atomic mass is 10.1. The average Bonchev–Trinajstić information content (AvgIpc) is 2.52. The molecule has 1 aromatic carbocycles. The van der Waals surface area contributed by atoms with Gasteiger partial charge in [0, 0.05) is 19.6 Å². The average molecular weight is 297 g/mol. The second-order valence-electron chi connectivity index (χ2n) is 5.00. The van der Waals surface area contributed by atoms with Crippen LogP contribution in [0.4, 0.5) is 0 Å². The number of hydrogen-bond acceptors (Lipinski definition) is 6. The number of fused-ring (bicyclic) bond motifs is 1. The topological polar surface area (TPSA) is 82.4 Å². The van der Waals surface area contributed by atoms with Crippen LogP contribution in [0.2, 0.25) is 0 Å². The van der Waals surface area contributed by atoms with Gasteiger partial charge in [-0.25, -0.2) is 0 Å². The second-order valence-corrected chi connectivity index (χ2v) is 5.00. The maximum atomic E-state index is 10.3. The van der Waals surface area contributed by atoms with E-state index >= 15 is 0 Å². The number of rotatable bonds is 8. The van der Waals surface area contributed by atoms with Crippen molar-refractivity contribution in [1.29, 1.82) is 0 Å². The third-order valence-corrected chi connectivity index (χ3v) is 3.50. The van der Waals surface area contributed by atoms with Gasteiger partial charge in [-0.1, -0.05) is 6.07 Å². The molecule has 21 heavy (non-hydrogen) atoms. The molecular weight excluding hydrogens is 274 g/mol. The molecule has 6 nitrogen and oxygen atoms in total. The monoisotopic (exact) mass is 297 g/mol. The van der Waals surface area contributed by atoms with E-state index in [0.717, 1.165) is 5.56 Å². The summed E-state index contributed by atoms with van der Waals surface area (Å²) in [5, 5.41) is 28.2. The summed E-state index contributed by atoms with van der Waals surface area (Å²) in [6, 6.07) is 5.45. The van der Waals surface area contributed by atoms with Gasteiger partial charge < -0.3 is 24.8 Å². The Morgan fingerprint density at radius 3 is 2.33 bits per heavy atom. The van der Waals surface area contributed by atoms with Crippen LogP contribution in [0.3, 0.4) is 0 Å². The Morgan fingerprint density at radius 1 is 1.00 bits per heavy atom. The van der Waals surface area contributed by atoms with E-state index in [9.17, 15) is 5.11 Å². The number of aliphatic hydroxyl groups excluding tert-OH is 3. The van der Waals surface area contributed by atoms with Gasteiger partial charge in [-0.2, -0.15) is 0 Å². The minimum absolute atomic E-state index is 0.0418. The Morgan fingerprint density at radius 2 is 1.67 bits per heavy atom. The lowest BCUT2D eigenvalue weighted by Gasteiger charge is -2.23. The zero-order chi connectivity index (χ0) is 15.1. The third-order valence-electron chi connectivity index (χ3n) is 3.50. The van der Waals surface area contributed by atoms with E-state index < -0.39 is 6.10 Å². The highest BCUT2D eigenvalue weighted by molar-refractivity contribution is 5.44. The van der Waals surface area contributed by atoms with E-state index in [1.54, 1.807) is 0 Å². The van der Waals surface area contributed by atoms with E-state index in [1.165, 1.54) is 0 Å². The van der Waals surface area contributed by atoms with Gasteiger partial charge in [0.1, 0.15) is 13.2 Å². The summed E-state index contributed by atoms with van der Waals surface area (Å²) in [6.07, 6.45) is -0.0830. The molecule has 118 valence electrons. The summed E-state index contributed by atoms with van der Waals surface area (Å²) in [4.78, 5) is 1.92. The summed E-state index contributed by atoms with van der Waals surface area (Å²) < 4.78 is 11.0. The van der Waals surface area contributed by atoms with Crippen LogP contribution >= 0.6 is 0 Å². The van der Waals surface area contributed by atoms with Crippen molar-refractivity contribution in [3.8, 4) is 11.5 Å². The lowest BCUT2D eigenvalue weighted by molar-refractivity contribution is 0.117. The fourth-order valence-electron chi connectivity index (χ4n) is 2.36. The van der Waals surface area contributed by atoms with E-state index in [0.29, 0.717) is 50.8 Å². The molecule has 3 N–H and O–H groups in total. The van der Waals surface area contributed by atoms with Gasteiger partial charge >= 0.3 is 0 Å². The van der Waals surface area contributed by atoms with Gasteiger partial charge in [0.15, 0.2) is 11.5 Å². The van der Waals surface area contributed by atoms with Crippen LogP contribution in [-0.4, -0.2) is 66.3 Å². The first-order chi connectivity index (χ1) is 10.2. The van der Waals surface area contributed by atoms with Crippen LogP contribution in [0.5, 0.6) is 11.5 Å². The lowest BCUT2D eigenvalue weighted by Crippen LogP contribution is -2.31. The summed E-state index contributed by atoms with van der Waals surface area (Å²) >= 11 is 0. The van der Waals surface area contributed by atoms with E-state index in [4.69, 9.17) is 19.7 Å². The summed E-state index contributed by atoms with van der Waals surface area (Å²) in [5.41, 5.74) is 0.784. The van der Waals surface area contributed by atoms with Gasteiger partial charge in [0.05, 0.1) is 19.3 Å². The highest BCUT2D eigenvalue weighted by Crippen LogP contribution is 2.33. The highest BCUT2D eigenvalue weighted by atomic mass is 16.6. The number of hydrogen-bond donors (Lipinski definition) is 3. The number of benzene rings is 1. The molecule has 1 aromatic rings. The molecule has 1 unspecified atom stereocenters. The number of ether oxygens (including phenoxy) is 2. The molecule has 0 bridgehead atoms. The Bertz CT molecular complexity index is 434. The molecule has 0 spiro atoms. The largest absolute Gasteiger partial charge is 0.486 e. The van der Waals surface area contributed by atoms with Crippen LogP contribution in [0.25, 0.3) is 0 Å². The van der Waals surface area contributed by atoms with Crippen LogP contribution in [0.15, 0.2) is 18.2 Å². The van der Waals surface area contributed by atoms with Crippen LogP contribution in [0.1, 0.15) is 18.1 Å². The number of nitrogens with zero attached hydrogens (tertiary/aromatic N) is 1. The van der Waals surface area contributed by atoms with Crippen LogP contribution < -0.4 is 9.47 Å². The van der Waals surface area contributed by atoms with E-state index in [2.05, 4.69) is 0 Å². The minimum Gasteiger partial charge on any atom is -0.486 e. The first kappa shape index (κ1) is 16.0. The summed E-state index contributed by atoms with van der Waals surface area (Å²) in [6.45, 7) is 2.75. The Hall–Kier alpha value is -1.34. The van der Waals surface area contributed by atoms with Crippen molar-refractivity contribution in [2.24, 2.45) is 0 Å². The predicted octanol–water partition coefficient (Wildman–Crippen LogP) is 0.168. The van der Waals surface area contributed by atoms with Crippen molar-refractivity contribution < 1.29 is 24.8 Å². The molecule has 0 radical (unpaired) electrons. The standard InChI is InChI=1S/C15H23NO5/c17-7-5-16(6-8-18)4-3-13(19)12-1-2-14-15(11-12)21-10-9-20-14/h1-2,11,13,17-19H,3-10H2. The molecule has 1 heterocycles. The maximum absolute atomic E-state index is 10.3. The van der Waals surface area contributed by atoms with Crippen molar-refractivity contribution in [2.75, 3.05) is 46.1 Å². The highest BCUT2D eigenvalue weighted by Gasteiger charge is 2.16. The molecule has 6 heteroatoms. The normalized spacial score (nSPS) is 15.2. The molecule has 1 aliphatic heterocycles. The Balaban J connectivity index is 1.91. The van der Waals surface area contributed by atoms with Crippen LogP contribution in [0, 0.1) is 0 Å². The molecule has 0 aromatic heterocycles. The zero-order valence-electron chi connectivity index (χ0n) is 12.1. The molecular formula is C15H23NO5. The van der Waals surface area contributed by atoms with E-state index in [-0.39, 0.29) is 13.2 Å². The first-order valence-electron chi connectivity index (χ1n) is 7.26. The summed E-state index contributed by atoms with van der Waals surface area (Å²) in [5.74, 6) is 1.37. The quantitative estimate of drug-likeness (QED) is 0.634. The Labute approximate surface area is 124 Å². The third kappa shape index (κ3) is 4.57. The second kappa shape index (κ2) is 8.19. The minimum atomic E-state index is -0.610. The first-order valence-corrected chi connectivity index (χ1v) is 7.26. The summed E-state index contributed by atoms with van der Waals surface area (Å²) in [7, 11) is 0. The molecule has 0 saturated heterocycles. The SMILES string of the molecule is OCCN(CCO)CCC(O)c1ccc2c(c1)OCCO2. The molecule has 1 aliphatic rings. The van der Waals surface area contributed by atoms with Gasteiger partial charge in [-0.3, -0.25) is 4.90 Å². The van der Waals surface area contributed by atoms with Gasteiger partial charge in [0.2, 0.25) is 0 Å². The van der Waals surface area contributed by atoms with Crippen LogP contribution in [-0.2, 0) is 0 Å².